The average Bonchev–Trinajstić information content (AvgIpc) is 2.55. The maximum Gasteiger partial charge on any atom is 0.255 e. The zero-order valence-electron chi connectivity index (χ0n) is 13.3. The van der Waals surface area contributed by atoms with Gasteiger partial charge in [-0.1, -0.05) is 32.0 Å². The molecule has 0 unspecified atom stereocenters. The van der Waals surface area contributed by atoms with Crippen molar-refractivity contribution in [1.82, 2.24) is 0 Å². The van der Waals surface area contributed by atoms with Gasteiger partial charge >= 0.3 is 0 Å². The van der Waals surface area contributed by atoms with E-state index in [0.29, 0.717) is 16.9 Å². The lowest BCUT2D eigenvalue weighted by atomic mass is 10.1. The van der Waals surface area contributed by atoms with E-state index in [4.69, 9.17) is 0 Å². The predicted molar refractivity (Wildman–Crippen MR) is 88.6 cm³/mol. The topological polar surface area (TPSA) is 98.3 Å². The summed E-state index contributed by atoms with van der Waals surface area (Å²) < 4.78 is 0. The largest absolute Gasteiger partial charge is 0.545 e. The van der Waals surface area contributed by atoms with Gasteiger partial charge in [0.15, 0.2) is 0 Å². The second kappa shape index (κ2) is 7.41. The number of carbonyl (C=O) groups is 3. The smallest absolute Gasteiger partial charge is 0.255 e. The molecule has 0 aliphatic rings. The molecule has 0 aromatic heterocycles. The van der Waals surface area contributed by atoms with E-state index in [2.05, 4.69) is 10.6 Å². The highest BCUT2D eigenvalue weighted by atomic mass is 16.4. The summed E-state index contributed by atoms with van der Waals surface area (Å²) in [5.74, 6) is -1.94. The van der Waals surface area contributed by atoms with Gasteiger partial charge in [0, 0.05) is 22.9 Å². The number of benzene rings is 2. The summed E-state index contributed by atoms with van der Waals surface area (Å²) >= 11 is 0. The summed E-state index contributed by atoms with van der Waals surface area (Å²) in [4.78, 5) is 34.7. The maximum absolute atomic E-state index is 12.3. The number of nitrogens with one attached hydrogen (secondary N) is 2. The Kier molecular flexibility index (Phi) is 5.31. The lowest BCUT2D eigenvalue weighted by Gasteiger charge is -2.10. The van der Waals surface area contributed by atoms with Crippen LogP contribution in [-0.2, 0) is 4.79 Å². The molecule has 0 aliphatic carbocycles. The second-order valence-electron chi connectivity index (χ2n) is 5.54. The molecular formula is C18H17N2O4-. The molecule has 2 N–H and O–H groups in total. The molecule has 0 radical (unpaired) electrons. The number of rotatable bonds is 5. The zero-order valence-corrected chi connectivity index (χ0v) is 13.3. The molecule has 0 bridgehead atoms. The van der Waals surface area contributed by atoms with Crippen molar-refractivity contribution in [2.45, 2.75) is 13.8 Å². The van der Waals surface area contributed by atoms with Crippen molar-refractivity contribution < 1.29 is 19.5 Å². The summed E-state index contributed by atoms with van der Waals surface area (Å²) in [6.45, 7) is 3.56. The number of hydrogen-bond acceptors (Lipinski definition) is 4. The van der Waals surface area contributed by atoms with E-state index in [0.717, 1.165) is 0 Å². The van der Waals surface area contributed by atoms with E-state index in [9.17, 15) is 19.5 Å². The van der Waals surface area contributed by atoms with Crippen LogP contribution in [0.15, 0.2) is 48.5 Å². The number of carboxylic acid groups (broad SMARTS) is 1. The normalized spacial score (nSPS) is 10.3. The first kappa shape index (κ1) is 17.2. The van der Waals surface area contributed by atoms with Gasteiger partial charge in [-0.2, -0.15) is 0 Å². The van der Waals surface area contributed by atoms with Crippen LogP contribution in [0.5, 0.6) is 0 Å². The lowest BCUT2D eigenvalue weighted by molar-refractivity contribution is -0.255. The Morgan fingerprint density at radius 3 is 2.12 bits per heavy atom. The molecule has 6 nitrogen and oxygen atoms in total. The molecule has 2 amide bonds. The molecule has 0 atom stereocenters. The third-order valence-electron chi connectivity index (χ3n) is 3.30. The van der Waals surface area contributed by atoms with E-state index in [-0.39, 0.29) is 23.3 Å². The van der Waals surface area contributed by atoms with Crippen LogP contribution in [0.4, 0.5) is 11.4 Å². The van der Waals surface area contributed by atoms with Crippen molar-refractivity contribution in [3.8, 4) is 0 Å². The number of aromatic carboxylic acids is 1. The van der Waals surface area contributed by atoms with Crippen LogP contribution in [0.3, 0.4) is 0 Å². The standard InChI is InChI=1S/C18H18N2O4/c1-11(2)16(21)20-15-5-3-4-13(10-15)17(22)19-14-8-6-12(7-9-14)18(23)24/h3-11H,1-2H3,(H,19,22)(H,20,21)(H,23,24)/p-1. The van der Waals surface area contributed by atoms with Gasteiger partial charge in [-0.15, -0.1) is 0 Å². The van der Waals surface area contributed by atoms with Crippen LogP contribution < -0.4 is 15.7 Å². The van der Waals surface area contributed by atoms with Gasteiger partial charge < -0.3 is 20.5 Å². The number of carboxylic acids is 1. The summed E-state index contributed by atoms with van der Waals surface area (Å²) in [5, 5.41) is 16.1. The molecule has 2 rings (SSSR count). The number of hydrogen-bond donors (Lipinski definition) is 2. The highest BCUT2D eigenvalue weighted by Crippen LogP contribution is 2.15. The molecule has 2 aromatic carbocycles. The highest BCUT2D eigenvalue weighted by molar-refractivity contribution is 6.05. The van der Waals surface area contributed by atoms with Crippen LogP contribution in [0.2, 0.25) is 0 Å². The number of amides is 2. The molecule has 0 heterocycles. The fraction of sp³-hybridized carbons (Fsp3) is 0.167. The molecule has 24 heavy (non-hydrogen) atoms. The molecule has 124 valence electrons. The first-order valence-corrected chi connectivity index (χ1v) is 7.40. The summed E-state index contributed by atoms with van der Waals surface area (Å²) in [5.41, 5.74) is 1.40. The molecular weight excluding hydrogens is 308 g/mol. The Bertz CT molecular complexity index is 767. The number of carbonyl (C=O) groups excluding carboxylic acids is 3. The molecule has 6 heteroatoms. The minimum absolute atomic E-state index is 0.0337. The first-order chi connectivity index (χ1) is 11.4. The van der Waals surface area contributed by atoms with Crippen molar-refractivity contribution in [2.75, 3.05) is 10.6 Å². The summed E-state index contributed by atoms with van der Waals surface area (Å²) in [6.07, 6.45) is 0. The third kappa shape index (κ3) is 4.42. The lowest BCUT2D eigenvalue weighted by Crippen LogP contribution is -2.22. The van der Waals surface area contributed by atoms with E-state index < -0.39 is 5.97 Å². The molecule has 0 saturated heterocycles. The van der Waals surface area contributed by atoms with Gasteiger partial charge in [-0.05, 0) is 35.9 Å². The number of anilines is 2. The Hall–Kier alpha value is -3.15. The van der Waals surface area contributed by atoms with E-state index in [1.54, 1.807) is 38.1 Å². The average molecular weight is 325 g/mol. The van der Waals surface area contributed by atoms with Crippen LogP contribution >= 0.6 is 0 Å². The SMILES string of the molecule is CC(C)C(=O)Nc1cccc(C(=O)Nc2ccc(C(=O)[O-])cc2)c1. The van der Waals surface area contributed by atoms with Crippen molar-refractivity contribution >= 4 is 29.2 Å². The fourth-order valence-electron chi connectivity index (χ4n) is 1.92. The van der Waals surface area contributed by atoms with Crippen LogP contribution in [0.25, 0.3) is 0 Å². The van der Waals surface area contributed by atoms with E-state index in [1.807, 2.05) is 0 Å². The third-order valence-corrected chi connectivity index (χ3v) is 3.30. The Morgan fingerprint density at radius 2 is 1.54 bits per heavy atom. The Morgan fingerprint density at radius 1 is 0.875 bits per heavy atom. The molecule has 0 saturated carbocycles. The predicted octanol–water partition coefficient (Wildman–Crippen LogP) is 1.90. The van der Waals surface area contributed by atoms with Gasteiger partial charge in [0.1, 0.15) is 0 Å². The Labute approximate surface area is 139 Å². The molecule has 0 aliphatic heterocycles. The van der Waals surface area contributed by atoms with E-state index in [1.165, 1.54) is 24.3 Å². The maximum atomic E-state index is 12.3. The minimum Gasteiger partial charge on any atom is -0.545 e. The van der Waals surface area contributed by atoms with Gasteiger partial charge in [-0.3, -0.25) is 9.59 Å². The van der Waals surface area contributed by atoms with Crippen molar-refractivity contribution in [2.24, 2.45) is 5.92 Å². The molecule has 2 aromatic rings. The monoisotopic (exact) mass is 325 g/mol. The van der Waals surface area contributed by atoms with Gasteiger partial charge in [-0.25, -0.2) is 0 Å². The fourth-order valence-corrected chi connectivity index (χ4v) is 1.92. The Balaban J connectivity index is 2.09. The minimum atomic E-state index is -1.28. The van der Waals surface area contributed by atoms with Crippen LogP contribution in [-0.4, -0.2) is 17.8 Å². The van der Waals surface area contributed by atoms with Crippen LogP contribution in [0, 0.1) is 5.92 Å². The quantitative estimate of drug-likeness (QED) is 0.877. The highest BCUT2D eigenvalue weighted by Gasteiger charge is 2.10. The van der Waals surface area contributed by atoms with Crippen molar-refractivity contribution in [3.05, 3.63) is 59.7 Å². The summed E-state index contributed by atoms with van der Waals surface area (Å²) in [6, 6.07) is 12.2. The van der Waals surface area contributed by atoms with E-state index >= 15 is 0 Å². The van der Waals surface area contributed by atoms with Crippen molar-refractivity contribution in [1.29, 1.82) is 0 Å². The van der Waals surface area contributed by atoms with Crippen molar-refractivity contribution in [3.63, 3.8) is 0 Å². The second-order valence-corrected chi connectivity index (χ2v) is 5.54. The van der Waals surface area contributed by atoms with Gasteiger partial charge in [0.25, 0.3) is 5.91 Å². The van der Waals surface area contributed by atoms with Crippen LogP contribution in [0.1, 0.15) is 34.6 Å². The van der Waals surface area contributed by atoms with Gasteiger partial charge in [0.05, 0.1) is 5.97 Å². The zero-order chi connectivity index (χ0) is 17.7. The summed E-state index contributed by atoms with van der Waals surface area (Å²) in [7, 11) is 0. The molecule has 0 fully saturated rings. The first-order valence-electron chi connectivity index (χ1n) is 7.40. The molecule has 0 spiro atoms. The van der Waals surface area contributed by atoms with Gasteiger partial charge in [0.2, 0.25) is 5.91 Å².